The Kier molecular flexibility index (Phi) is 7.18. The van der Waals surface area contributed by atoms with Crippen LogP contribution in [0, 0.1) is 0 Å². The maximum absolute atomic E-state index is 12.8. The summed E-state index contributed by atoms with van der Waals surface area (Å²) < 4.78 is 16.6. The summed E-state index contributed by atoms with van der Waals surface area (Å²) in [5, 5.41) is 0. The molecule has 0 radical (unpaired) electrons. The van der Waals surface area contributed by atoms with Gasteiger partial charge < -0.3 is 14.2 Å². The van der Waals surface area contributed by atoms with Crippen LogP contribution in [-0.4, -0.2) is 31.1 Å². The third-order valence-corrected chi connectivity index (χ3v) is 3.36. The molecule has 5 nitrogen and oxygen atoms in total. The number of hydrogen-bond donors (Lipinski definition) is 0. The minimum absolute atomic E-state index is 0.243. The van der Waals surface area contributed by atoms with Gasteiger partial charge in [-0.1, -0.05) is 31.4 Å². The Morgan fingerprint density at radius 3 is 2.38 bits per heavy atom. The summed E-state index contributed by atoms with van der Waals surface area (Å²) in [6, 6.07) is 6.92. The van der Waals surface area contributed by atoms with Crippen LogP contribution in [0.1, 0.15) is 15.9 Å². The highest BCUT2D eigenvalue weighted by Crippen LogP contribution is 2.35. The largest absolute Gasteiger partial charge is 0.496 e. The number of ketones is 1. The van der Waals surface area contributed by atoms with E-state index in [1.165, 1.54) is 13.2 Å². The van der Waals surface area contributed by atoms with Crippen molar-refractivity contribution in [2.75, 3.05) is 20.3 Å². The Labute approximate surface area is 153 Å². The van der Waals surface area contributed by atoms with E-state index in [9.17, 15) is 4.79 Å². The van der Waals surface area contributed by atoms with Crippen LogP contribution < -0.4 is 14.2 Å². The lowest BCUT2D eigenvalue weighted by Gasteiger charge is -2.15. The summed E-state index contributed by atoms with van der Waals surface area (Å²) in [6.45, 7) is 7.84. The number of aromatic nitrogens is 1. The molecule has 1 aromatic heterocycles. The molecule has 0 saturated heterocycles. The number of hydrogen-bond acceptors (Lipinski definition) is 5. The lowest BCUT2D eigenvalue weighted by atomic mass is 10.1. The highest BCUT2D eigenvalue weighted by molar-refractivity contribution is 6.10. The van der Waals surface area contributed by atoms with Gasteiger partial charge >= 0.3 is 0 Å². The van der Waals surface area contributed by atoms with Crippen LogP contribution in [0.2, 0.25) is 0 Å². The molecule has 26 heavy (non-hydrogen) atoms. The molecule has 0 aliphatic rings. The first-order chi connectivity index (χ1) is 12.7. The number of nitrogens with zero attached hydrogens (tertiary/aromatic N) is 1. The van der Waals surface area contributed by atoms with E-state index in [-0.39, 0.29) is 12.4 Å². The second-order valence-corrected chi connectivity index (χ2v) is 5.18. The summed E-state index contributed by atoms with van der Waals surface area (Å²) in [5.41, 5.74) is 1.19. The molecular weight excluding hydrogens is 330 g/mol. The number of carbonyl (C=O) groups excluding carboxylic acids is 1. The number of allylic oxidation sites excluding steroid dienone is 1. The third-order valence-electron chi connectivity index (χ3n) is 3.36. The molecular formula is C21H21NO4. The zero-order valence-corrected chi connectivity index (χ0v) is 14.7. The van der Waals surface area contributed by atoms with Gasteiger partial charge in [-0.2, -0.15) is 0 Å². The first kappa shape index (κ1) is 19.0. The van der Waals surface area contributed by atoms with Crippen LogP contribution in [-0.2, 0) is 0 Å². The van der Waals surface area contributed by atoms with Gasteiger partial charge in [0, 0.05) is 24.5 Å². The van der Waals surface area contributed by atoms with Crippen molar-refractivity contribution in [3.05, 3.63) is 79.2 Å². The Hall–Kier alpha value is -3.34. The van der Waals surface area contributed by atoms with Crippen molar-refractivity contribution in [2.24, 2.45) is 0 Å². The normalized spacial score (nSPS) is 10.3. The smallest absolute Gasteiger partial charge is 0.193 e. The minimum Gasteiger partial charge on any atom is -0.496 e. The van der Waals surface area contributed by atoms with Crippen molar-refractivity contribution in [3.8, 4) is 17.2 Å². The molecule has 2 aromatic rings. The first-order valence-electron chi connectivity index (χ1n) is 8.01. The molecule has 1 aromatic carbocycles. The molecule has 0 unspecified atom stereocenters. The van der Waals surface area contributed by atoms with Crippen LogP contribution in [0.25, 0.3) is 6.08 Å². The predicted octanol–water partition coefficient (Wildman–Crippen LogP) is 4.12. The lowest BCUT2D eigenvalue weighted by Crippen LogP contribution is -2.06. The van der Waals surface area contributed by atoms with Gasteiger partial charge in [0.05, 0.1) is 7.11 Å². The molecule has 0 fully saturated rings. The Morgan fingerprint density at radius 1 is 1.08 bits per heavy atom. The average molecular weight is 351 g/mol. The molecule has 0 N–H and O–H groups in total. The van der Waals surface area contributed by atoms with Crippen LogP contribution in [0.5, 0.6) is 17.2 Å². The molecule has 0 aliphatic heterocycles. The zero-order valence-electron chi connectivity index (χ0n) is 14.7. The van der Waals surface area contributed by atoms with Gasteiger partial charge in [0.1, 0.15) is 36.0 Å². The van der Waals surface area contributed by atoms with E-state index in [0.29, 0.717) is 29.4 Å². The monoisotopic (exact) mass is 351 g/mol. The van der Waals surface area contributed by atoms with Gasteiger partial charge in [0.15, 0.2) is 5.78 Å². The molecule has 0 bridgehead atoms. The van der Waals surface area contributed by atoms with Gasteiger partial charge in [-0.15, -0.1) is 0 Å². The van der Waals surface area contributed by atoms with Crippen LogP contribution in [0.3, 0.4) is 0 Å². The SMILES string of the molecule is C=CCOc1cc(OC)c(C(=O)C=Cc2ccncc2)c(OCC=C)c1. The summed E-state index contributed by atoms with van der Waals surface area (Å²) in [7, 11) is 1.49. The number of pyridine rings is 1. The molecule has 0 amide bonds. The van der Waals surface area contributed by atoms with E-state index in [1.807, 2.05) is 12.1 Å². The van der Waals surface area contributed by atoms with Gasteiger partial charge in [0.25, 0.3) is 0 Å². The van der Waals surface area contributed by atoms with Gasteiger partial charge in [-0.25, -0.2) is 0 Å². The van der Waals surface area contributed by atoms with Crippen molar-refractivity contribution in [3.63, 3.8) is 0 Å². The van der Waals surface area contributed by atoms with Crippen molar-refractivity contribution in [1.82, 2.24) is 4.98 Å². The molecule has 134 valence electrons. The fraction of sp³-hybridized carbons (Fsp3) is 0.143. The predicted molar refractivity (Wildman–Crippen MR) is 102 cm³/mol. The van der Waals surface area contributed by atoms with Gasteiger partial charge in [0.2, 0.25) is 0 Å². The second kappa shape index (κ2) is 9.84. The Morgan fingerprint density at radius 2 is 1.73 bits per heavy atom. The van der Waals surface area contributed by atoms with Crippen molar-refractivity contribution in [1.29, 1.82) is 0 Å². The number of rotatable bonds is 10. The molecule has 0 atom stereocenters. The fourth-order valence-corrected chi connectivity index (χ4v) is 2.20. The highest BCUT2D eigenvalue weighted by Gasteiger charge is 2.19. The highest BCUT2D eigenvalue weighted by atomic mass is 16.5. The molecule has 1 heterocycles. The minimum atomic E-state index is -0.243. The number of methoxy groups -OCH3 is 1. The van der Waals surface area contributed by atoms with Crippen LogP contribution in [0.4, 0.5) is 0 Å². The van der Waals surface area contributed by atoms with E-state index in [1.54, 1.807) is 42.8 Å². The molecule has 0 saturated carbocycles. The number of carbonyl (C=O) groups is 1. The summed E-state index contributed by atoms with van der Waals surface area (Å²) in [6.07, 6.45) is 9.74. The lowest BCUT2D eigenvalue weighted by molar-refractivity contribution is 0.104. The molecule has 2 rings (SSSR count). The number of benzene rings is 1. The zero-order chi connectivity index (χ0) is 18.8. The van der Waals surface area contributed by atoms with Gasteiger partial charge in [-0.3, -0.25) is 9.78 Å². The van der Waals surface area contributed by atoms with E-state index in [4.69, 9.17) is 14.2 Å². The van der Waals surface area contributed by atoms with E-state index in [2.05, 4.69) is 18.1 Å². The van der Waals surface area contributed by atoms with Crippen LogP contribution >= 0.6 is 0 Å². The average Bonchev–Trinajstić information content (AvgIpc) is 2.69. The van der Waals surface area contributed by atoms with E-state index >= 15 is 0 Å². The topological polar surface area (TPSA) is 57.7 Å². The van der Waals surface area contributed by atoms with Crippen molar-refractivity contribution < 1.29 is 19.0 Å². The van der Waals surface area contributed by atoms with Gasteiger partial charge in [-0.05, 0) is 23.8 Å². The molecule has 0 aliphatic carbocycles. The molecule has 0 spiro atoms. The van der Waals surface area contributed by atoms with Crippen LogP contribution in [0.15, 0.2) is 68.0 Å². The summed E-state index contributed by atoms with van der Waals surface area (Å²) in [4.78, 5) is 16.7. The van der Waals surface area contributed by atoms with Crippen molar-refractivity contribution >= 4 is 11.9 Å². The second-order valence-electron chi connectivity index (χ2n) is 5.18. The summed E-state index contributed by atoms with van der Waals surface area (Å²) in [5.74, 6) is 1.02. The fourth-order valence-electron chi connectivity index (χ4n) is 2.20. The van der Waals surface area contributed by atoms with E-state index < -0.39 is 0 Å². The Bertz CT molecular complexity index is 797. The third kappa shape index (κ3) is 5.08. The standard InChI is InChI=1S/C21H21NO4/c1-4-12-25-17-14-19(24-3)21(20(15-17)26-13-5-2)18(23)7-6-16-8-10-22-11-9-16/h4-11,14-15H,1-2,12-13H2,3H3. The quantitative estimate of drug-likeness (QED) is 0.366. The first-order valence-corrected chi connectivity index (χ1v) is 8.01. The molecule has 5 heteroatoms. The summed E-state index contributed by atoms with van der Waals surface area (Å²) >= 11 is 0. The van der Waals surface area contributed by atoms with E-state index in [0.717, 1.165) is 5.56 Å². The maximum atomic E-state index is 12.8. The van der Waals surface area contributed by atoms with Crippen molar-refractivity contribution in [2.45, 2.75) is 0 Å². The maximum Gasteiger partial charge on any atom is 0.193 e. The number of ether oxygens (including phenoxy) is 3. The Balaban J connectivity index is 2.39.